The molecule has 0 aliphatic carbocycles. The average molecular weight is 227 g/mol. The minimum absolute atomic E-state index is 0.898. The van der Waals surface area contributed by atoms with Crippen molar-refractivity contribution in [2.24, 2.45) is 0 Å². The first kappa shape index (κ1) is 11.5. The van der Waals surface area contributed by atoms with Gasteiger partial charge in [0, 0.05) is 12.2 Å². The van der Waals surface area contributed by atoms with Gasteiger partial charge >= 0.3 is 0 Å². The van der Waals surface area contributed by atoms with E-state index in [1.165, 1.54) is 5.56 Å². The molecule has 2 aromatic rings. The summed E-state index contributed by atoms with van der Waals surface area (Å²) < 4.78 is 0. The zero-order valence-corrected chi connectivity index (χ0v) is 10.2. The summed E-state index contributed by atoms with van der Waals surface area (Å²) >= 11 is 0. The van der Waals surface area contributed by atoms with Crippen molar-refractivity contribution in [2.45, 2.75) is 13.8 Å². The normalized spacial score (nSPS) is 10.0. The molecule has 3 nitrogen and oxygen atoms in total. The van der Waals surface area contributed by atoms with Crippen molar-refractivity contribution in [3.8, 4) is 0 Å². The molecule has 2 N–H and O–H groups in total. The molecule has 0 saturated carbocycles. The molecule has 1 aromatic heterocycles. The molecule has 3 heteroatoms. The van der Waals surface area contributed by atoms with Crippen LogP contribution in [0.25, 0.3) is 0 Å². The minimum atomic E-state index is 0.898. The topological polar surface area (TPSA) is 37.0 Å². The molecule has 0 radical (unpaired) electrons. The molecule has 0 fully saturated rings. The van der Waals surface area contributed by atoms with Crippen LogP contribution in [-0.2, 0) is 0 Å². The van der Waals surface area contributed by atoms with Crippen LogP contribution in [0.2, 0.25) is 0 Å². The molecule has 0 bridgehead atoms. The molecule has 1 heterocycles. The van der Waals surface area contributed by atoms with Gasteiger partial charge < -0.3 is 10.6 Å². The van der Waals surface area contributed by atoms with Crippen molar-refractivity contribution in [3.63, 3.8) is 0 Å². The molecule has 2 rings (SSSR count). The van der Waals surface area contributed by atoms with Crippen molar-refractivity contribution in [1.29, 1.82) is 0 Å². The van der Waals surface area contributed by atoms with Crippen LogP contribution in [0.5, 0.6) is 0 Å². The lowest BCUT2D eigenvalue weighted by Crippen LogP contribution is -1.98. The van der Waals surface area contributed by atoms with Gasteiger partial charge in [0.15, 0.2) is 0 Å². The maximum atomic E-state index is 4.20. The molecule has 0 saturated heterocycles. The van der Waals surface area contributed by atoms with E-state index in [0.717, 1.165) is 23.6 Å². The summed E-state index contributed by atoms with van der Waals surface area (Å²) in [5.74, 6) is 0. The lowest BCUT2D eigenvalue weighted by molar-refractivity contribution is 1.19. The number of anilines is 3. The third kappa shape index (κ3) is 3.21. The summed E-state index contributed by atoms with van der Waals surface area (Å²) in [5.41, 5.74) is 4.35. The number of aromatic nitrogens is 1. The van der Waals surface area contributed by atoms with Gasteiger partial charge in [-0.3, -0.25) is 4.98 Å². The van der Waals surface area contributed by atoms with Crippen LogP contribution in [-0.4, -0.2) is 11.5 Å². The van der Waals surface area contributed by atoms with Crippen molar-refractivity contribution < 1.29 is 0 Å². The van der Waals surface area contributed by atoms with Crippen molar-refractivity contribution >= 4 is 17.1 Å². The number of rotatable bonds is 4. The summed E-state index contributed by atoms with van der Waals surface area (Å²) in [6, 6.07) is 10.3. The second-order valence-electron chi connectivity index (χ2n) is 3.99. The van der Waals surface area contributed by atoms with Gasteiger partial charge in [-0.25, -0.2) is 0 Å². The lowest BCUT2D eigenvalue weighted by Gasteiger charge is -2.09. The highest BCUT2D eigenvalue weighted by atomic mass is 14.9. The Kier molecular flexibility index (Phi) is 3.60. The smallest absolute Gasteiger partial charge is 0.0591 e. The van der Waals surface area contributed by atoms with Crippen molar-refractivity contribution in [3.05, 3.63) is 48.3 Å². The molecule has 0 spiro atoms. The van der Waals surface area contributed by atoms with E-state index >= 15 is 0 Å². The SMILES string of the molecule is CCNc1cncc(Nc2cccc(C)c2)c1. The van der Waals surface area contributed by atoms with E-state index in [1.807, 2.05) is 24.5 Å². The van der Waals surface area contributed by atoms with Crippen LogP contribution in [0.3, 0.4) is 0 Å². The fourth-order valence-corrected chi connectivity index (χ4v) is 1.70. The number of nitrogens with one attached hydrogen (secondary N) is 2. The molecule has 0 aliphatic heterocycles. The molecule has 0 amide bonds. The summed E-state index contributed by atoms with van der Waals surface area (Å²) in [5, 5.41) is 6.58. The number of aryl methyl sites for hydroxylation is 1. The largest absolute Gasteiger partial charge is 0.384 e. The molecule has 0 unspecified atom stereocenters. The number of hydrogen-bond donors (Lipinski definition) is 2. The van der Waals surface area contributed by atoms with E-state index < -0.39 is 0 Å². The Bertz CT molecular complexity index is 494. The van der Waals surface area contributed by atoms with E-state index in [9.17, 15) is 0 Å². The lowest BCUT2D eigenvalue weighted by atomic mass is 10.2. The number of nitrogens with zero attached hydrogens (tertiary/aromatic N) is 1. The summed E-state index contributed by atoms with van der Waals surface area (Å²) in [6.07, 6.45) is 3.65. The highest BCUT2D eigenvalue weighted by molar-refractivity contribution is 5.63. The third-order valence-corrected chi connectivity index (χ3v) is 2.43. The summed E-state index contributed by atoms with van der Waals surface area (Å²) in [6.45, 7) is 5.05. The Morgan fingerprint density at radius 2 is 1.88 bits per heavy atom. The molecular weight excluding hydrogens is 210 g/mol. The first-order chi connectivity index (χ1) is 8.28. The van der Waals surface area contributed by atoms with Gasteiger partial charge in [0.25, 0.3) is 0 Å². The van der Waals surface area contributed by atoms with Gasteiger partial charge in [-0.1, -0.05) is 12.1 Å². The Morgan fingerprint density at radius 1 is 1.06 bits per heavy atom. The average Bonchev–Trinajstić information content (AvgIpc) is 2.30. The predicted molar refractivity (Wildman–Crippen MR) is 72.9 cm³/mol. The summed E-state index contributed by atoms with van der Waals surface area (Å²) in [7, 11) is 0. The van der Waals surface area contributed by atoms with E-state index in [0.29, 0.717) is 0 Å². The molecule has 1 aromatic carbocycles. The molecule has 0 aliphatic rings. The van der Waals surface area contributed by atoms with Crippen LogP contribution in [0.1, 0.15) is 12.5 Å². The predicted octanol–water partition coefficient (Wildman–Crippen LogP) is 3.57. The molecule has 88 valence electrons. The third-order valence-electron chi connectivity index (χ3n) is 2.43. The van der Waals surface area contributed by atoms with Crippen LogP contribution in [0.15, 0.2) is 42.7 Å². The Morgan fingerprint density at radius 3 is 2.65 bits per heavy atom. The fourth-order valence-electron chi connectivity index (χ4n) is 1.70. The van der Waals surface area contributed by atoms with Crippen LogP contribution in [0, 0.1) is 6.92 Å². The maximum absolute atomic E-state index is 4.20. The zero-order valence-electron chi connectivity index (χ0n) is 10.2. The number of hydrogen-bond acceptors (Lipinski definition) is 3. The van der Waals surface area contributed by atoms with Crippen LogP contribution in [0.4, 0.5) is 17.1 Å². The van der Waals surface area contributed by atoms with Crippen LogP contribution < -0.4 is 10.6 Å². The van der Waals surface area contributed by atoms with Gasteiger partial charge in [-0.05, 0) is 37.6 Å². The standard InChI is InChI=1S/C14H17N3/c1-3-16-13-8-14(10-15-9-13)17-12-6-4-5-11(2)7-12/h4-10,16-17H,3H2,1-2H3. The van der Waals surface area contributed by atoms with E-state index in [2.05, 4.69) is 47.7 Å². The van der Waals surface area contributed by atoms with Gasteiger partial charge in [0.2, 0.25) is 0 Å². The highest BCUT2D eigenvalue weighted by Gasteiger charge is 1.97. The Hall–Kier alpha value is -2.03. The van der Waals surface area contributed by atoms with Crippen molar-refractivity contribution in [1.82, 2.24) is 4.98 Å². The molecule has 0 atom stereocenters. The summed E-state index contributed by atoms with van der Waals surface area (Å²) in [4.78, 5) is 4.20. The number of benzene rings is 1. The Labute approximate surface area is 102 Å². The monoisotopic (exact) mass is 227 g/mol. The van der Waals surface area contributed by atoms with Crippen molar-refractivity contribution in [2.75, 3.05) is 17.2 Å². The zero-order chi connectivity index (χ0) is 12.1. The van der Waals surface area contributed by atoms with Gasteiger partial charge in [-0.15, -0.1) is 0 Å². The molecular formula is C14H17N3. The van der Waals surface area contributed by atoms with Gasteiger partial charge in [0.1, 0.15) is 0 Å². The van der Waals surface area contributed by atoms with E-state index in [1.54, 1.807) is 0 Å². The minimum Gasteiger partial charge on any atom is -0.384 e. The fraction of sp³-hybridized carbons (Fsp3) is 0.214. The van der Waals surface area contributed by atoms with Crippen LogP contribution >= 0.6 is 0 Å². The Balaban J connectivity index is 2.15. The number of pyridine rings is 1. The van der Waals surface area contributed by atoms with E-state index in [-0.39, 0.29) is 0 Å². The second-order valence-corrected chi connectivity index (χ2v) is 3.99. The quantitative estimate of drug-likeness (QED) is 0.838. The van der Waals surface area contributed by atoms with Gasteiger partial charge in [-0.2, -0.15) is 0 Å². The molecule has 17 heavy (non-hydrogen) atoms. The van der Waals surface area contributed by atoms with E-state index in [4.69, 9.17) is 0 Å². The first-order valence-corrected chi connectivity index (χ1v) is 5.80. The first-order valence-electron chi connectivity index (χ1n) is 5.80. The second kappa shape index (κ2) is 5.34. The highest BCUT2D eigenvalue weighted by Crippen LogP contribution is 2.19. The maximum Gasteiger partial charge on any atom is 0.0591 e. The van der Waals surface area contributed by atoms with Gasteiger partial charge in [0.05, 0.1) is 23.8 Å².